The molecule has 3 heterocycles. The van der Waals surface area contributed by atoms with Gasteiger partial charge in [0.1, 0.15) is 73.2 Å². The number of ether oxygens (including phenoxy) is 6. The zero-order valence-electron chi connectivity index (χ0n) is 72.5. The van der Waals surface area contributed by atoms with Crippen LogP contribution in [0.25, 0.3) is 0 Å². The molecule has 3 rings (SSSR count). The molecule has 12 N–H and O–H groups in total. The molecule has 0 aromatic rings. The molecule has 0 radical (unpaired) electrons. The van der Waals surface area contributed by atoms with E-state index in [1.807, 2.05) is 6.08 Å². The van der Waals surface area contributed by atoms with Gasteiger partial charge in [0.25, 0.3) is 0 Å². The molecule has 3 aliphatic rings. The molecule has 0 aromatic heterocycles. The minimum Gasteiger partial charge on any atom is -0.394 e. The first-order valence-electron chi connectivity index (χ1n) is 47.3. The van der Waals surface area contributed by atoms with Crippen molar-refractivity contribution in [1.82, 2.24) is 5.32 Å². The molecular formula is C96H173NO18. The van der Waals surface area contributed by atoms with Crippen LogP contribution >= 0.6 is 0 Å². The first kappa shape index (κ1) is 106. The second-order valence-electron chi connectivity index (χ2n) is 33.4. The fourth-order valence-corrected chi connectivity index (χ4v) is 15.7. The van der Waals surface area contributed by atoms with Crippen LogP contribution in [0.4, 0.5) is 0 Å². The largest absolute Gasteiger partial charge is 0.394 e. The van der Waals surface area contributed by atoms with Crippen LogP contribution < -0.4 is 5.32 Å². The van der Waals surface area contributed by atoms with E-state index in [-0.39, 0.29) is 18.9 Å². The molecule has 0 bridgehead atoms. The van der Waals surface area contributed by atoms with E-state index in [1.54, 1.807) is 6.08 Å². The average molecular weight is 1630 g/mol. The number of hydrogen-bond acceptors (Lipinski definition) is 18. The number of unbranched alkanes of at least 4 members (excludes halogenated alkanes) is 49. The Morgan fingerprint density at radius 1 is 0.322 bits per heavy atom. The summed E-state index contributed by atoms with van der Waals surface area (Å²) in [5, 5.41) is 121. The summed E-state index contributed by atoms with van der Waals surface area (Å²) in [6.45, 7) is 1.66. The molecule has 19 nitrogen and oxygen atoms in total. The Hall–Kier alpha value is -3.03. The number of hydrogen-bond donors (Lipinski definition) is 12. The average Bonchev–Trinajstić information content (AvgIpc) is 0.778. The predicted octanol–water partition coefficient (Wildman–Crippen LogP) is 18.9. The molecule has 3 fully saturated rings. The van der Waals surface area contributed by atoms with Gasteiger partial charge in [-0.15, -0.1) is 0 Å². The van der Waals surface area contributed by atoms with E-state index < -0.39 is 124 Å². The third-order valence-corrected chi connectivity index (χ3v) is 23.2. The maximum Gasteiger partial charge on any atom is 0.220 e. The summed E-state index contributed by atoms with van der Waals surface area (Å²) in [5.41, 5.74) is 0. The molecular weight excluding hydrogens is 1460 g/mol. The van der Waals surface area contributed by atoms with Gasteiger partial charge in [-0.1, -0.05) is 388 Å². The SMILES string of the molecule is CC/C=C\C/C=C\C/C=C\C/C=C\C/C=C\CCCCCCCCCCCCCCCCCCCCCCCCCCCC(=O)NC(COC1OC(CO)C(OC2OC(CO)C(OC3OC(CO)C(O)C(O)C3O)C(O)C2O)C(O)C1O)C(O)/C=C/CC/C=C/CCCCCCCCCCCCCCCCCCCCCCCCC. The first-order chi connectivity index (χ1) is 56.3. The Balaban J connectivity index is 1.30. The monoisotopic (exact) mass is 1630 g/mol. The third-order valence-electron chi connectivity index (χ3n) is 23.2. The van der Waals surface area contributed by atoms with Crippen LogP contribution in [0.3, 0.4) is 0 Å². The Bertz CT molecular complexity index is 2400. The van der Waals surface area contributed by atoms with E-state index in [2.05, 4.69) is 92.1 Å². The number of carbonyl (C=O) groups is 1. The van der Waals surface area contributed by atoms with E-state index in [9.17, 15) is 61.0 Å². The molecule has 17 atom stereocenters. The lowest BCUT2D eigenvalue weighted by Gasteiger charge is -2.48. The summed E-state index contributed by atoms with van der Waals surface area (Å²) in [6, 6.07) is -0.994. The van der Waals surface area contributed by atoms with Gasteiger partial charge in [-0.2, -0.15) is 0 Å². The van der Waals surface area contributed by atoms with E-state index in [4.69, 9.17) is 28.4 Å². The Labute approximate surface area is 699 Å². The van der Waals surface area contributed by atoms with Crippen LogP contribution in [0.15, 0.2) is 85.1 Å². The van der Waals surface area contributed by atoms with E-state index in [0.717, 1.165) is 70.6 Å². The second kappa shape index (κ2) is 74.8. The molecule has 1 amide bonds. The highest BCUT2D eigenvalue weighted by Gasteiger charge is 2.54. The number of aliphatic hydroxyl groups excluding tert-OH is 11. The van der Waals surface area contributed by atoms with Gasteiger partial charge in [0.2, 0.25) is 5.91 Å². The van der Waals surface area contributed by atoms with Crippen molar-refractivity contribution in [2.24, 2.45) is 0 Å². The lowest BCUT2D eigenvalue weighted by molar-refractivity contribution is -0.379. The van der Waals surface area contributed by atoms with Crippen LogP contribution in [-0.4, -0.2) is 193 Å². The van der Waals surface area contributed by atoms with Crippen LogP contribution in [0.2, 0.25) is 0 Å². The highest BCUT2D eigenvalue weighted by molar-refractivity contribution is 5.76. The van der Waals surface area contributed by atoms with Gasteiger partial charge < -0.3 is 89.9 Å². The van der Waals surface area contributed by atoms with Gasteiger partial charge >= 0.3 is 0 Å². The molecule has 0 saturated carbocycles. The van der Waals surface area contributed by atoms with Crippen molar-refractivity contribution in [3.63, 3.8) is 0 Å². The number of aliphatic hydroxyl groups is 11. The van der Waals surface area contributed by atoms with Crippen LogP contribution in [0, 0.1) is 0 Å². The maximum absolute atomic E-state index is 13.5. The van der Waals surface area contributed by atoms with Crippen molar-refractivity contribution in [2.45, 2.75) is 491 Å². The molecule has 19 heteroatoms. The van der Waals surface area contributed by atoms with Crippen LogP contribution in [0.1, 0.15) is 386 Å². The second-order valence-corrected chi connectivity index (χ2v) is 33.4. The van der Waals surface area contributed by atoms with E-state index in [1.165, 1.54) is 283 Å². The lowest BCUT2D eigenvalue weighted by atomic mass is 9.96. The summed E-state index contributed by atoms with van der Waals surface area (Å²) >= 11 is 0. The first-order valence-corrected chi connectivity index (χ1v) is 47.3. The van der Waals surface area contributed by atoms with Crippen molar-refractivity contribution in [3.05, 3.63) is 85.1 Å². The summed E-state index contributed by atoms with van der Waals surface area (Å²) in [5.74, 6) is -0.279. The van der Waals surface area contributed by atoms with Gasteiger partial charge in [-0.25, -0.2) is 0 Å². The predicted molar refractivity (Wildman–Crippen MR) is 466 cm³/mol. The minimum absolute atomic E-state index is 0.237. The maximum atomic E-state index is 13.5. The van der Waals surface area contributed by atoms with Crippen molar-refractivity contribution in [1.29, 1.82) is 0 Å². The summed E-state index contributed by atoms with van der Waals surface area (Å²) < 4.78 is 34.5. The fraction of sp³-hybridized carbons (Fsp3) is 0.844. The van der Waals surface area contributed by atoms with E-state index >= 15 is 0 Å². The highest BCUT2D eigenvalue weighted by atomic mass is 16.8. The van der Waals surface area contributed by atoms with E-state index in [0.29, 0.717) is 12.8 Å². The standard InChI is InChI=1S/C96H173NO18/c1-3-5-7-9-11-13-15-17-19-21-23-25-27-29-31-33-34-35-36-37-38-39-40-41-42-43-44-46-48-50-52-54-56-58-60-62-64-66-68-70-72-74-84(102)97-79(80(101)73-71-69-67-65-63-61-59-57-55-53-51-49-47-45-32-30-28-26-24-22-20-18-16-14-12-10-8-6-4-2)78-110-94-90(108)87(105)92(82(76-99)112-94)115-96-91(109)88(106)93(83(77-100)113-96)114-95-89(107)86(104)85(103)81(75-98)111-95/h5,7,11,13,17,19,23,25,29,31,63,65,71,73,79-83,85-96,98-101,103-109H,3-4,6,8-10,12,14-16,18,20-22,24,26-28,30,32-62,64,66-70,72,74-78H2,1-2H3,(H,97,102)/b7-5-,13-11-,19-17-,25-23-,31-29-,65-63+,73-71+. The molecule has 3 saturated heterocycles. The molecule has 0 aliphatic carbocycles. The Kier molecular flexibility index (Phi) is 69.0. The molecule has 0 aromatic carbocycles. The molecule has 115 heavy (non-hydrogen) atoms. The van der Waals surface area contributed by atoms with Crippen molar-refractivity contribution < 1.29 is 89.4 Å². The van der Waals surface area contributed by atoms with Crippen LogP contribution in [0.5, 0.6) is 0 Å². The number of amides is 1. The quantitative estimate of drug-likeness (QED) is 0.0199. The zero-order valence-corrected chi connectivity index (χ0v) is 72.5. The smallest absolute Gasteiger partial charge is 0.220 e. The Morgan fingerprint density at radius 2 is 0.609 bits per heavy atom. The minimum atomic E-state index is -1.98. The van der Waals surface area contributed by atoms with Gasteiger partial charge in [0.05, 0.1) is 38.6 Å². The van der Waals surface area contributed by atoms with Crippen molar-refractivity contribution in [2.75, 3.05) is 26.4 Å². The molecule has 3 aliphatic heterocycles. The fourth-order valence-electron chi connectivity index (χ4n) is 15.7. The summed E-state index contributed by atoms with van der Waals surface area (Å²) in [4.78, 5) is 13.5. The van der Waals surface area contributed by atoms with Crippen molar-refractivity contribution >= 4 is 5.91 Å². The normalized spacial score (nSPS) is 25.0. The molecule has 670 valence electrons. The summed E-state index contributed by atoms with van der Waals surface area (Å²) in [7, 11) is 0. The van der Waals surface area contributed by atoms with Crippen LogP contribution in [-0.2, 0) is 33.2 Å². The topological polar surface area (TPSA) is 307 Å². The van der Waals surface area contributed by atoms with Crippen molar-refractivity contribution in [3.8, 4) is 0 Å². The third kappa shape index (κ3) is 52.8. The highest BCUT2D eigenvalue weighted by Crippen LogP contribution is 2.34. The molecule has 17 unspecified atom stereocenters. The van der Waals surface area contributed by atoms with Gasteiger partial charge in [0.15, 0.2) is 18.9 Å². The summed E-state index contributed by atoms with van der Waals surface area (Å²) in [6.07, 6.45) is 76.1. The van der Waals surface area contributed by atoms with Gasteiger partial charge in [-0.05, 0) is 77.0 Å². The zero-order chi connectivity index (χ0) is 83.1. The Morgan fingerprint density at radius 3 is 0.974 bits per heavy atom. The molecule has 0 spiro atoms. The van der Waals surface area contributed by atoms with Gasteiger partial charge in [0, 0.05) is 6.42 Å². The number of carbonyl (C=O) groups excluding carboxylic acids is 1. The number of allylic oxidation sites excluding steroid dienone is 13. The van der Waals surface area contributed by atoms with Gasteiger partial charge in [-0.3, -0.25) is 4.79 Å². The number of nitrogens with one attached hydrogen (secondary N) is 1. The lowest BCUT2D eigenvalue weighted by Crippen LogP contribution is -2.66. The number of rotatable bonds is 77.